The summed E-state index contributed by atoms with van der Waals surface area (Å²) >= 11 is 0. The third kappa shape index (κ3) is 1.79. The van der Waals surface area contributed by atoms with E-state index in [1.165, 1.54) is 5.56 Å². The van der Waals surface area contributed by atoms with Gasteiger partial charge in [0.1, 0.15) is 11.3 Å². The second kappa shape index (κ2) is 3.98. The van der Waals surface area contributed by atoms with Crippen LogP contribution in [0.25, 0.3) is 24.0 Å². The van der Waals surface area contributed by atoms with Crippen LogP contribution in [0.3, 0.4) is 0 Å². The van der Waals surface area contributed by atoms with Crippen molar-refractivity contribution in [3.8, 4) is 11.4 Å². The van der Waals surface area contributed by atoms with Gasteiger partial charge < -0.3 is 15.0 Å². The molecule has 0 aromatic carbocycles. The first-order valence-corrected chi connectivity index (χ1v) is 5.99. The molecular weight excluding hydrogens is 240 g/mol. The maximum Gasteiger partial charge on any atom is 0.257 e. The average Bonchev–Trinajstić information content (AvgIpc) is 2.84. The first-order valence-electron chi connectivity index (χ1n) is 5.99. The van der Waals surface area contributed by atoms with Crippen LogP contribution in [0, 0.1) is 13.8 Å². The standard InChI is InChI=1S/C14H14N4O/c1-7-5-16-12(8(7)2)4-10-11-6-15-9(3)17-13(11)18-14(10)19/h4-6,15-16H,3H2,1-2H3,(H,17,18,19). The van der Waals surface area contributed by atoms with Gasteiger partial charge in [-0.2, -0.15) is 0 Å². The maximum atomic E-state index is 12.0. The number of hydrogen-bond donors (Lipinski definition) is 3. The molecule has 0 bridgehead atoms. The smallest absolute Gasteiger partial charge is 0.257 e. The molecule has 2 aliphatic rings. The lowest BCUT2D eigenvalue weighted by Gasteiger charge is -1.96. The van der Waals surface area contributed by atoms with Crippen LogP contribution in [0.15, 0.2) is 17.2 Å². The van der Waals surface area contributed by atoms with Crippen LogP contribution in [0.1, 0.15) is 16.8 Å². The number of nitrogens with one attached hydrogen (secondary N) is 3. The molecule has 3 rings (SSSR count). The zero-order valence-corrected chi connectivity index (χ0v) is 10.8. The van der Waals surface area contributed by atoms with E-state index in [1.54, 1.807) is 6.20 Å². The van der Waals surface area contributed by atoms with E-state index in [9.17, 15) is 4.79 Å². The van der Waals surface area contributed by atoms with Gasteiger partial charge in [-0.25, -0.2) is 4.98 Å². The van der Waals surface area contributed by atoms with Crippen molar-refractivity contribution in [1.29, 1.82) is 0 Å². The summed E-state index contributed by atoms with van der Waals surface area (Å²) in [5, 5.41) is 0.601. The summed E-state index contributed by atoms with van der Waals surface area (Å²) in [6.07, 6.45) is 5.53. The van der Waals surface area contributed by atoms with Crippen LogP contribution in [0.4, 0.5) is 0 Å². The van der Waals surface area contributed by atoms with Crippen molar-refractivity contribution in [3.05, 3.63) is 50.3 Å². The number of hydrogen-bond acceptors (Lipinski definition) is 2. The Morgan fingerprint density at radius 1 is 1.26 bits per heavy atom. The second-order valence-corrected chi connectivity index (χ2v) is 4.63. The van der Waals surface area contributed by atoms with Gasteiger partial charge >= 0.3 is 0 Å². The third-order valence-electron chi connectivity index (χ3n) is 3.38. The molecule has 3 heterocycles. The van der Waals surface area contributed by atoms with Gasteiger partial charge in [0.05, 0.1) is 5.22 Å². The molecular formula is C14H14N4O. The molecule has 1 aromatic rings. The minimum absolute atomic E-state index is 0.145. The molecule has 0 fully saturated rings. The average molecular weight is 254 g/mol. The van der Waals surface area contributed by atoms with Gasteiger partial charge in [-0.05, 0) is 31.1 Å². The number of H-pyrrole nitrogens is 3. The topological polar surface area (TPSA) is 77.3 Å². The molecule has 0 spiro atoms. The van der Waals surface area contributed by atoms with E-state index in [2.05, 4.69) is 26.5 Å². The highest BCUT2D eigenvalue weighted by molar-refractivity contribution is 5.63. The Kier molecular flexibility index (Phi) is 2.41. The monoisotopic (exact) mass is 254 g/mol. The fraction of sp³-hybridized carbons (Fsp3) is 0.143. The Labute approximate surface area is 109 Å². The summed E-state index contributed by atoms with van der Waals surface area (Å²) in [5.74, 6) is 0.556. The molecule has 0 saturated heterocycles. The summed E-state index contributed by atoms with van der Waals surface area (Å²) < 4.78 is 0. The summed E-state index contributed by atoms with van der Waals surface area (Å²) in [6.45, 7) is 7.76. The molecule has 1 aromatic heterocycles. The summed E-state index contributed by atoms with van der Waals surface area (Å²) in [4.78, 5) is 25.0. The highest BCUT2D eigenvalue weighted by Gasteiger charge is 2.11. The Balaban J connectivity index is 2.32. The number of nitrogens with zero attached hydrogens (tertiary/aromatic N) is 1. The normalized spacial score (nSPS) is 12.4. The molecule has 2 aliphatic heterocycles. The highest BCUT2D eigenvalue weighted by atomic mass is 16.1. The van der Waals surface area contributed by atoms with E-state index in [-0.39, 0.29) is 5.56 Å². The van der Waals surface area contributed by atoms with Crippen LogP contribution in [-0.2, 0) is 0 Å². The van der Waals surface area contributed by atoms with Crippen molar-refractivity contribution in [2.45, 2.75) is 13.8 Å². The molecule has 0 amide bonds. The van der Waals surface area contributed by atoms with Gasteiger partial charge in [0.2, 0.25) is 0 Å². The Bertz CT molecular complexity index is 881. The minimum atomic E-state index is -0.145. The maximum absolute atomic E-state index is 12.0. The molecule has 0 saturated carbocycles. The van der Waals surface area contributed by atoms with E-state index < -0.39 is 0 Å². The Morgan fingerprint density at radius 3 is 2.74 bits per heavy atom. The quantitative estimate of drug-likeness (QED) is 0.587. The van der Waals surface area contributed by atoms with E-state index in [0.29, 0.717) is 16.5 Å². The molecule has 96 valence electrons. The van der Waals surface area contributed by atoms with E-state index >= 15 is 0 Å². The molecule has 0 aliphatic carbocycles. The molecule has 3 N–H and O–H groups in total. The van der Waals surface area contributed by atoms with Crippen LogP contribution in [-0.4, -0.2) is 19.9 Å². The van der Waals surface area contributed by atoms with Crippen molar-refractivity contribution in [1.82, 2.24) is 19.9 Å². The van der Waals surface area contributed by atoms with E-state index in [1.807, 2.05) is 26.1 Å². The van der Waals surface area contributed by atoms with Crippen LogP contribution in [0.5, 0.6) is 0 Å². The first kappa shape index (κ1) is 11.5. The van der Waals surface area contributed by atoms with Gasteiger partial charge in [0.25, 0.3) is 5.56 Å². The van der Waals surface area contributed by atoms with Crippen molar-refractivity contribution in [2.24, 2.45) is 0 Å². The third-order valence-corrected chi connectivity index (χ3v) is 3.38. The van der Waals surface area contributed by atoms with Crippen molar-refractivity contribution in [2.75, 3.05) is 0 Å². The summed E-state index contributed by atoms with van der Waals surface area (Å²) in [5.41, 5.74) is 4.39. The zero-order chi connectivity index (χ0) is 13.6. The predicted molar refractivity (Wildman–Crippen MR) is 74.4 cm³/mol. The first-order chi connectivity index (χ1) is 9.06. The molecule has 0 unspecified atom stereocenters. The predicted octanol–water partition coefficient (Wildman–Crippen LogP) is 0.387. The molecule has 0 radical (unpaired) electrons. The van der Waals surface area contributed by atoms with Crippen LogP contribution < -0.4 is 16.3 Å². The Hall–Kier alpha value is -2.56. The number of rotatable bonds is 1. The van der Waals surface area contributed by atoms with Crippen molar-refractivity contribution < 1.29 is 0 Å². The number of aromatic nitrogens is 4. The second-order valence-electron chi connectivity index (χ2n) is 4.63. The lowest BCUT2D eigenvalue weighted by molar-refractivity contribution is 1.07. The number of aryl methyl sites for hydroxylation is 1. The lowest BCUT2D eigenvalue weighted by atomic mass is 10.1. The molecule has 19 heavy (non-hydrogen) atoms. The number of aromatic amines is 3. The van der Waals surface area contributed by atoms with E-state index in [4.69, 9.17) is 0 Å². The van der Waals surface area contributed by atoms with Crippen LogP contribution in [0.2, 0.25) is 0 Å². The fourth-order valence-electron chi connectivity index (χ4n) is 2.10. The minimum Gasteiger partial charge on any atom is -0.361 e. The van der Waals surface area contributed by atoms with Crippen LogP contribution >= 0.6 is 0 Å². The van der Waals surface area contributed by atoms with Gasteiger partial charge in [0.15, 0.2) is 0 Å². The van der Waals surface area contributed by atoms with Gasteiger partial charge in [0, 0.05) is 23.7 Å². The zero-order valence-electron chi connectivity index (χ0n) is 10.8. The number of fused-ring (bicyclic) bond motifs is 1. The molecule has 0 atom stereocenters. The van der Waals surface area contributed by atoms with Crippen molar-refractivity contribution in [3.63, 3.8) is 0 Å². The highest BCUT2D eigenvalue weighted by Crippen LogP contribution is 2.12. The molecule has 5 nitrogen and oxygen atoms in total. The Morgan fingerprint density at radius 2 is 2.05 bits per heavy atom. The fourth-order valence-corrected chi connectivity index (χ4v) is 2.10. The van der Waals surface area contributed by atoms with E-state index in [0.717, 1.165) is 16.8 Å². The van der Waals surface area contributed by atoms with Crippen molar-refractivity contribution >= 4 is 12.7 Å². The van der Waals surface area contributed by atoms with Gasteiger partial charge in [-0.15, -0.1) is 0 Å². The summed E-state index contributed by atoms with van der Waals surface area (Å²) in [7, 11) is 0. The largest absolute Gasteiger partial charge is 0.361 e. The summed E-state index contributed by atoms with van der Waals surface area (Å²) in [6, 6.07) is 0. The van der Waals surface area contributed by atoms with Gasteiger partial charge in [-0.1, -0.05) is 6.58 Å². The van der Waals surface area contributed by atoms with Gasteiger partial charge in [-0.3, -0.25) is 4.79 Å². The molecule has 5 heteroatoms. The SMILES string of the molecule is C=c1nc2[nH]c(=O)c(=Cc3[nH]cc(C)c3C)c-2c[nH]1. The lowest BCUT2D eigenvalue weighted by Crippen LogP contribution is -2.21.